The normalized spacial score (nSPS) is 10.3. The number of nitrogens with one attached hydrogen (secondary N) is 1. The van der Waals surface area contributed by atoms with Crippen LogP contribution in [0.25, 0.3) is 0 Å². The van der Waals surface area contributed by atoms with Crippen LogP contribution in [-0.4, -0.2) is 9.55 Å². The zero-order chi connectivity index (χ0) is 13.0. The fourth-order valence-electron chi connectivity index (χ4n) is 1.57. The largest absolute Gasteiger partial charge is 0.377 e. The molecular weight excluding hydrogens is 238 g/mol. The van der Waals surface area contributed by atoms with Gasteiger partial charge < -0.3 is 5.32 Å². The Labute approximate surface area is 102 Å². The van der Waals surface area contributed by atoms with Crippen LogP contribution in [0.1, 0.15) is 17.9 Å². The van der Waals surface area contributed by atoms with Crippen molar-refractivity contribution in [3.8, 4) is 6.07 Å². The van der Waals surface area contributed by atoms with Crippen LogP contribution in [0, 0.1) is 11.3 Å². The summed E-state index contributed by atoms with van der Waals surface area (Å²) in [5.74, 6) is 0.220. The average Bonchev–Trinajstić information content (AvgIpc) is 2.85. The van der Waals surface area contributed by atoms with E-state index in [9.17, 15) is 8.78 Å². The van der Waals surface area contributed by atoms with E-state index in [1.165, 1.54) is 12.4 Å². The van der Waals surface area contributed by atoms with Crippen molar-refractivity contribution in [1.29, 1.82) is 5.26 Å². The number of anilines is 1. The molecule has 18 heavy (non-hydrogen) atoms. The van der Waals surface area contributed by atoms with Crippen molar-refractivity contribution in [2.45, 2.75) is 13.1 Å². The maximum absolute atomic E-state index is 12.6. The Morgan fingerprint density at radius 3 is 2.89 bits per heavy atom. The van der Waals surface area contributed by atoms with Crippen LogP contribution >= 0.6 is 0 Å². The molecule has 0 saturated carbocycles. The van der Waals surface area contributed by atoms with Gasteiger partial charge in [-0.1, -0.05) is 12.1 Å². The summed E-state index contributed by atoms with van der Waals surface area (Å²) in [6, 6.07) is 8.90. The predicted octanol–water partition coefficient (Wildman–Crippen LogP) is 2.76. The Morgan fingerprint density at radius 1 is 1.39 bits per heavy atom. The molecule has 0 atom stereocenters. The molecular formula is C12H10F2N4. The molecule has 92 valence electrons. The Hall–Kier alpha value is -2.42. The Bertz CT molecular complexity index is 571. The fourth-order valence-corrected chi connectivity index (χ4v) is 1.57. The van der Waals surface area contributed by atoms with E-state index in [0.29, 0.717) is 11.3 Å². The van der Waals surface area contributed by atoms with Gasteiger partial charge in [0.25, 0.3) is 0 Å². The minimum absolute atomic E-state index is 0.135. The molecule has 0 aliphatic rings. The third-order valence-electron chi connectivity index (χ3n) is 2.44. The van der Waals surface area contributed by atoms with Gasteiger partial charge >= 0.3 is 6.55 Å². The van der Waals surface area contributed by atoms with Crippen molar-refractivity contribution in [2.75, 3.05) is 5.32 Å². The molecule has 0 saturated heterocycles. The van der Waals surface area contributed by atoms with Crippen LogP contribution in [0.3, 0.4) is 0 Å². The summed E-state index contributed by atoms with van der Waals surface area (Å²) in [7, 11) is 0. The SMILES string of the molecule is N#Cc1ccccc1NCc1nccn1C(F)F. The molecule has 0 unspecified atom stereocenters. The molecule has 2 aromatic rings. The summed E-state index contributed by atoms with van der Waals surface area (Å²) >= 11 is 0. The van der Waals surface area contributed by atoms with Crippen LogP contribution in [0.15, 0.2) is 36.7 Å². The number of halogens is 2. The van der Waals surface area contributed by atoms with E-state index < -0.39 is 6.55 Å². The van der Waals surface area contributed by atoms with Crippen LogP contribution in [0.5, 0.6) is 0 Å². The van der Waals surface area contributed by atoms with Gasteiger partial charge in [0, 0.05) is 12.4 Å². The Balaban J connectivity index is 2.12. The average molecular weight is 248 g/mol. The summed E-state index contributed by atoms with van der Waals surface area (Å²) < 4.78 is 25.9. The lowest BCUT2D eigenvalue weighted by Crippen LogP contribution is -2.09. The van der Waals surface area contributed by atoms with Crippen molar-refractivity contribution in [3.05, 3.63) is 48.0 Å². The smallest absolute Gasteiger partial charge is 0.319 e. The lowest BCUT2D eigenvalue weighted by Gasteiger charge is -2.09. The number of benzene rings is 1. The van der Waals surface area contributed by atoms with Gasteiger partial charge in [-0.15, -0.1) is 0 Å². The zero-order valence-electron chi connectivity index (χ0n) is 9.35. The number of para-hydroxylation sites is 1. The van der Waals surface area contributed by atoms with Crippen molar-refractivity contribution < 1.29 is 8.78 Å². The first kappa shape index (κ1) is 12.0. The number of hydrogen-bond donors (Lipinski definition) is 1. The van der Waals surface area contributed by atoms with Gasteiger partial charge in [0.15, 0.2) is 0 Å². The molecule has 2 rings (SSSR count). The summed E-state index contributed by atoms with van der Waals surface area (Å²) in [4.78, 5) is 3.85. The molecule has 1 aromatic carbocycles. The van der Waals surface area contributed by atoms with Crippen molar-refractivity contribution in [1.82, 2.24) is 9.55 Å². The zero-order valence-corrected chi connectivity index (χ0v) is 9.35. The highest BCUT2D eigenvalue weighted by Gasteiger charge is 2.11. The minimum Gasteiger partial charge on any atom is -0.377 e. The lowest BCUT2D eigenvalue weighted by atomic mass is 10.2. The van der Waals surface area contributed by atoms with E-state index in [0.717, 1.165) is 4.57 Å². The van der Waals surface area contributed by atoms with Gasteiger partial charge in [-0.2, -0.15) is 14.0 Å². The van der Waals surface area contributed by atoms with Crippen LogP contribution in [-0.2, 0) is 6.54 Å². The van der Waals surface area contributed by atoms with E-state index in [1.807, 2.05) is 6.07 Å². The van der Waals surface area contributed by atoms with E-state index in [4.69, 9.17) is 5.26 Å². The second-order valence-corrected chi connectivity index (χ2v) is 3.54. The van der Waals surface area contributed by atoms with E-state index >= 15 is 0 Å². The third kappa shape index (κ3) is 2.46. The van der Waals surface area contributed by atoms with Gasteiger partial charge in [-0.05, 0) is 12.1 Å². The van der Waals surface area contributed by atoms with Gasteiger partial charge in [-0.3, -0.25) is 4.57 Å². The first-order valence-corrected chi connectivity index (χ1v) is 5.25. The van der Waals surface area contributed by atoms with Gasteiger partial charge in [0.2, 0.25) is 0 Å². The quantitative estimate of drug-likeness (QED) is 0.905. The molecule has 1 heterocycles. The van der Waals surface area contributed by atoms with Crippen molar-refractivity contribution in [3.63, 3.8) is 0 Å². The lowest BCUT2D eigenvalue weighted by molar-refractivity contribution is 0.0673. The number of aromatic nitrogens is 2. The summed E-state index contributed by atoms with van der Waals surface area (Å²) in [6.07, 6.45) is 2.54. The highest BCUT2D eigenvalue weighted by molar-refractivity contribution is 5.57. The topological polar surface area (TPSA) is 53.6 Å². The van der Waals surface area contributed by atoms with E-state index in [1.54, 1.807) is 24.3 Å². The number of nitriles is 1. The highest BCUT2D eigenvalue weighted by Crippen LogP contribution is 2.16. The second kappa shape index (κ2) is 5.27. The highest BCUT2D eigenvalue weighted by atomic mass is 19.3. The maximum atomic E-state index is 12.6. The van der Waals surface area contributed by atoms with Crippen LogP contribution in [0.2, 0.25) is 0 Å². The molecule has 0 fully saturated rings. The number of imidazole rings is 1. The number of nitrogens with zero attached hydrogens (tertiary/aromatic N) is 3. The monoisotopic (exact) mass is 248 g/mol. The molecule has 0 aliphatic heterocycles. The maximum Gasteiger partial charge on any atom is 0.319 e. The number of alkyl halides is 2. The molecule has 6 heteroatoms. The van der Waals surface area contributed by atoms with E-state index in [2.05, 4.69) is 10.3 Å². The van der Waals surface area contributed by atoms with Crippen LogP contribution < -0.4 is 5.32 Å². The Kier molecular flexibility index (Phi) is 3.53. The molecule has 0 amide bonds. The molecule has 1 aromatic heterocycles. The van der Waals surface area contributed by atoms with Gasteiger partial charge in [0.05, 0.1) is 17.8 Å². The standard InChI is InChI=1S/C12H10F2N4/c13-12(14)18-6-5-16-11(18)8-17-10-4-2-1-3-9(10)7-15/h1-6,12,17H,8H2. The van der Waals surface area contributed by atoms with Gasteiger partial charge in [0.1, 0.15) is 11.9 Å². The first-order chi connectivity index (χ1) is 8.72. The molecule has 0 radical (unpaired) electrons. The minimum atomic E-state index is -2.62. The fraction of sp³-hybridized carbons (Fsp3) is 0.167. The Morgan fingerprint density at radius 2 is 2.17 bits per heavy atom. The number of rotatable bonds is 4. The molecule has 0 spiro atoms. The molecule has 4 nitrogen and oxygen atoms in total. The second-order valence-electron chi connectivity index (χ2n) is 3.54. The summed E-state index contributed by atoms with van der Waals surface area (Å²) in [6.45, 7) is -2.48. The van der Waals surface area contributed by atoms with Crippen molar-refractivity contribution >= 4 is 5.69 Å². The van der Waals surface area contributed by atoms with E-state index in [-0.39, 0.29) is 12.4 Å². The summed E-state index contributed by atoms with van der Waals surface area (Å²) in [5, 5.41) is 11.8. The predicted molar refractivity (Wildman–Crippen MR) is 62.0 cm³/mol. The van der Waals surface area contributed by atoms with Gasteiger partial charge in [-0.25, -0.2) is 4.98 Å². The molecule has 0 aliphatic carbocycles. The first-order valence-electron chi connectivity index (χ1n) is 5.25. The van der Waals surface area contributed by atoms with Crippen molar-refractivity contribution in [2.24, 2.45) is 0 Å². The molecule has 0 bridgehead atoms. The summed E-state index contributed by atoms with van der Waals surface area (Å²) in [5.41, 5.74) is 1.07. The number of hydrogen-bond acceptors (Lipinski definition) is 3. The third-order valence-corrected chi connectivity index (χ3v) is 2.44. The molecule has 1 N–H and O–H groups in total. The van der Waals surface area contributed by atoms with Crippen LogP contribution in [0.4, 0.5) is 14.5 Å².